The summed E-state index contributed by atoms with van der Waals surface area (Å²) in [5.74, 6) is 2.22. The van der Waals surface area contributed by atoms with Crippen molar-refractivity contribution < 1.29 is 0 Å². The van der Waals surface area contributed by atoms with Gasteiger partial charge in [-0.3, -0.25) is 0 Å². The van der Waals surface area contributed by atoms with E-state index in [4.69, 9.17) is 11.0 Å². The Kier molecular flexibility index (Phi) is 4.90. The molecule has 98 valence electrons. The number of hydrogen-bond donors (Lipinski definition) is 1. The fraction of sp³-hybridized carbons (Fsp3) is 0.615. The van der Waals surface area contributed by atoms with Crippen molar-refractivity contribution in [3.8, 4) is 6.07 Å². The summed E-state index contributed by atoms with van der Waals surface area (Å²) < 4.78 is 0. The Morgan fingerprint density at radius 3 is 2.56 bits per heavy atom. The monoisotopic (exact) mass is 247 g/mol. The topological polar surface area (TPSA) is 78.8 Å². The lowest BCUT2D eigenvalue weighted by Gasteiger charge is -2.24. The largest absolute Gasteiger partial charge is 0.384 e. The number of rotatable bonds is 5. The van der Waals surface area contributed by atoms with Crippen molar-refractivity contribution in [3.05, 3.63) is 11.9 Å². The van der Waals surface area contributed by atoms with Crippen LogP contribution in [0.3, 0.4) is 0 Å². The Hall–Kier alpha value is -1.83. The van der Waals surface area contributed by atoms with Gasteiger partial charge in [0.25, 0.3) is 0 Å². The average Bonchev–Trinajstić information content (AvgIpc) is 2.34. The Balaban J connectivity index is 3.02. The molecule has 1 aromatic rings. The lowest BCUT2D eigenvalue weighted by atomic mass is 10.2. The fourth-order valence-electron chi connectivity index (χ4n) is 1.65. The van der Waals surface area contributed by atoms with Crippen LogP contribution in [0.5, 0.6) is 0 Å². The molecule has 0 aromatic carbocycles. The standard InChI is InChI=1S/C13H21N5/c1-5-18(8-10(4)7-14)12-6-11(15)16-13(17-12)9(2)3/h6,9-10H,5,8H2,1-4H3,(H2,15,16,17). The predicted molar refractivity (Wildman–Crippen MR) is 73.2 cm³/mol. The number of anilines is 2. The van der Waals surface area contributed by atoms with E-state index in [0.29, 0.717) is 12.4 Å². The van der Waals surface area contributed by atoms with Gasteiger partial charge in [0, 0.05) is 25.1 Å². The lowest BCUT2D eigenvalue weighted by molar-refractivity contribution is 0.672. The SMILES string of the molecule is CCN(CC(C)C#N)c1cc(N)nc(C(C)C)n1. The zero-order chi connectivity index (χ0) is 13.7. The molecule has 0 aliphatic carbocycles. The fourth-order valence-corrected chi connectivity index (χ4v) is 1.65. The predicted octanol–water partition coefficient (Wildman–Crippen LogP) is 2.17. The quantitative estimate of drug-likeness (QED) is 0.862. The first kappa shape index (κ1) is 14.2. The second-order valence-corrected chi connectivity index (χ2v) is 4.73. The third kappa shape index (κ3) is 3.59. The minimum Gasteiger partial charge on any atom is -0.384 e. The van der Waals surface area contributed by atoms with E-state index in [0.717, 1.165) is 18.2 Å². The lowest BCUT2D eigenvalue weighted by Crippen LogP contribution is -2.29. The molecule has 1 rings (SSSR count). The molecule has 0 bridgehead atoms. The van der Waals surface area contributed by atoms with Crippen molar-refractivity contribution in [2.45, 2.75) is 33.6 Å². The Morgan fingerprint density at radius 2 is 2.06 bits per heavy atom. The van der Waals surface area contributed by atoms with Gasteiger partial charge >= 0.3 is 0 Å². The molecular weight excluding hydrogens is 226 g/mol. The highest BCUT2D eigenvalue weighted by atomic mass is 15.2. The van der Waals surface area contributed by atoms with Gasteiger partial charge in [0.1, 0.15) is 17.5 Å². The first-order chi connectivity index (χ1) is 8.47. The van der Waals surface area contributed by atoms with Crippen LogP contribution >= 0.6 is 0 Å². The van der Waals surface area contributed by atoms with Gasteiger partial charge in [0.05, 0.1) is 12.0 Å². The molecule has 0 amide bonds. The van der Waals surface area contributed by atoms with Gasteiger partial charge in [0.2, 0.25) is 0 Å². The molecule has 0 saturated heterocycles. The summed E-state index contributed by atoms with van der Waals surface area (Å²) in [5, 5.41) is 8.89. The molecule has 1 unspecified atom stereocenters. The normalized spacial score (nSPS) is 12.2. The van der Waals surface area contributed by atoms with Crippen molar-refractivity contribution in [3.63, 3.8) is 0 Å². The van der Waals surface area contributed by atoms with Gasteiger partial charge in [-0.05, 0) is 13.8 Å². The molecule has 18 heavy (non-hydrogen) atoms. The molecule has 0 radical (unpaired) electrons. The average molecular weight is 247 g/mol. The molecule has 0 spiro atoms. The van der Waals surface area contributed by atoms with E-state index < -0.39 is 0 Å². The van der Waals surface area contributed by atoms with Crippen molar-refractivity contribution in [1.29, 1.82) is 5.26 Å². The van der Waals surface area contributed by atoms with Crippen LogP contribution < -0.4 is 10.6 Å². The third-order valence-corrected chi connectivity index (χ3v) is 2.69. The maximum absolute atomic E-state index is 8.89. The molecule has 2 N–H and O–H groups in total. The van der Waals surface area contributed by atoms with Crippen LogP contribution in [0.2, 0.25) is 0 Å². The van der Waals surface area contributed by atoms with Crippen LogP contribution in [0, 0.1) is 17.2 Å². The minimum absolute atomic E-state index is 0.0383. The van der Waals surface area contributed by atoms with E-state index in [9.17, 15) is 0 Å². The van der Waals surface area contributed by atoms with E-state index in [2.05, 4.69) is 20.9 Å². The van der Waals surface area contributed by atoms with E-state index in [1.807, 2.05) is 27.7 Å². The number of nitrogens with zero attached hydrogens (tertiary/aromatic N) is 4. The zero-order valence-corrected chi connectivity index (χ0v) is 11.5. The van der Waals surface area contributed by atoms with Crippen LogP contribution in [0.4, 0.5) is 11.6 Å². The smallest absolute Gasteiger partial charge is 0.135 e. The molecule has 1 atom stereocenters. The molecule has 5 heteroatoms. The summed E-state index contributed by atoms with van der Waals surface area (Å²) in [5.41, 5.74) is 5.81. The van der Waals surface area contributed by atoms with Gasteiger partial charge in [-0.1, -0.05) is 13.8 Å². The molecule has 0 fully saturated rings. The van der Waals surface area contributed by atoms with E-state index in [-0.39, 0.29) is 11.8 Å². The summed E-state index contributed by atoms with van der Waals surface area (Å²) in [6, 6.07) is 4.00. The Labute approximate surface area is 109 Å². The molecule has 0 aliphatic heterocycles. The number of hydrogen-bond acceptors (Lipinski definition) is 5. The van der Waals surface area contributed by atoms with Gasteiger partial charge in [-0.2, -0.15) is 5.26 Å². The molecule has 0 aliphatic rings. The van der Waals surface area contributed by atoms with E-state index in [1.54, 1.807) is 6.07 Å². The first-order valence-corrected chi connectivity index (χ1v) is 6.26. The van der Waals surface area contributed by atoms with Crippen molar-refractivity contribution >= 4 is 11.6 Å². The van der Waals surface area contributed by atoms with E-state index in [1.165, 1.54) is 0 Å². The summed E-state index contributed by atoms with van der Waals surface area (Å²) in [4.78, 5) is 10.8. The number of nitrogen functional groups attached to an aromatic ring is 1. The van der Waals surface area contributed by atoms with Crippen molar-refractivity contribution in [1.82, 2.24) is 9.97 Å². The number of nitrogens with two attached hydrogens (primary N) is 1. The first-order valence-electron chi connectivity index (χ1n) is 6.26. The summed E-state index contributed by atoms with van der Waals surface area (Å²) >= 11 is 0. The summed E-state index contributed by atoms with van der Waals surface area (Å²) in [6.45, 7) is 9.45. The van der Waals surface area contributed by atoms with Crippen molar-refractivity contribution in [2.75, 3.05) is 23.7 Å². The molecule has 0 saturated carbocycles. The Morgan fingerprint density at radius 1 is 1.39 bits per heavy atom. The second kappa shape index (κ2) is 6.20. The van der Waals surface area contributed by atoms with Crippen LogP contribution in [-0.2, 0) is 0 Å². The highest BCUT2D eigenvalue weighted by Crippen LogP contribution is 2.19. The Bertz CT molecular complexity index is 435. The summed E-state index contributed by atoms with van der Waals surface area (Å²) in [7, 11) is 0. The van der Waals surface area contributed by atoms with E-state index >= 15 is 0 Å². The van der Waals surface area contributed by atoms with Crippen LogP contribution in [0.25, 0.3) is 0 Å². The number of aromatic nitrogens is 2. The second-order valence-electron chi connectivity index (χ2n) is 4.73. The van der Waals surface area contributed by atoms with Gasteiger partial charge in [-0.15, -0.1) is 0 Å². The highest BCUT2D eigenvalue weighted by molar-refractivity contribution is 5.47. The van der Waals surface area contributed by atoms with Crippen LogP contribution in [0.1, 0.15) is 39.4 Å². The zero-order valence-electron chi connectivity index (χ0n) is 11.5. The van der Waals surface area contributed by atoms with Crippen LogP contribution in [-0.4, -0.2) is 23.1 Å². The van der Waals surface area contributed by atoms with Gasteiger partial charge < -0.3 is 10.6 Å². The molecular formula is C13H21N5. The maximum Gasteiger partial charge on any atom is 0.135 e. The maximum atomic E-state index is 8.89. The molecule has 1 heterocycles. The molecule has 1 aromatic heterocycles. The van der Waals surface area contributed by atoms with Gasteiger partial charge in [0.15, 0.2) is 0 Å². The number of nitriles is 1. The highest BCUT2D eigenvalue weighted by Gasteiger charge is 2.13. The summed E-state index contributed by atoms with van der Waals surface area (Å²) in [6.07, 6.45) is 0. The van der Waals surface area contributed by atoms with Gasteiger partial charge in [-0.25, -0.2) is 9.97 Å². The minimum atomic E-state index is -0.0383. The van der Waals surface area contributed by atoms with Crippen LogP contribution in [0.15, 0.2) is 6.07 Å². The van der Waals surface area contributed by atoms with Crippen molar-refractivity contribution in [2.24, 2.45) is 5.92 Å². The third-order valence-electron chi connectivity index (χ3n) is 2.69. The molecule has 5 nitrogen and oxygen atoms in total.